The highest BCUT2D eigenvalue weighted by atomic mass is 35.5. The molecule has 6 heteroatoms. The lowest BCUT2D eigenvalue weighted by atomic mass is 10.1. The number of carbonyl (C=O) groups is 2. The van der Waals surface area contributed by atoms with Gasteiger partial charge in [-0.05, 0) is 36.3 Å². The molecule has 0 aliphatic rings. The van der Waals surface area contributed by atoms with Crippen molar-refractivity contribution in [2.24, 2.45) is 0 Å². The Morgan fingerprint density at radius 3 is 2.62 bits per heavy atom. The fourth-order valence-corrected chi connectivity index (χ4v) is 2.45. The standard InChI is InChI=1S/C20H21ClN2O3/c1-26-14-6-13-22-20(25)16-8-3-5-10-18(16)23-19(24)12-11-15-7-2-4-9-17(15)21/h2-5,7-12H,6,13-14H2,1H3,(H,22,25)(H,23,24)/b12-11+. The Morgan fingerprint density at radius 1 is 1.12 bits per heavy atom. The Kier molecular flexibility index (Phi) is 7.86. The second kappa shape index (κ2) is 10.4. The summed E-state index contributed by atoms with van der Waals surface area (Å²) in [6, 6.07) is 14.1. The van der Waals surface area contributed by atoms with Crippen LogP contribution in [0.25, 0.3) is 6.08 Å². The first-order chi connectivity index (χ1) is 12.6. The molecule has 0 saturated heterocycles. The van der Waals surface area contributed by atoms with Gasteiger partial charge in [0.2, 0.25) is 5.91 Å². The van der Waals surface area contributed by atoms with Crippen LogP contribution in [0.5, 0.6) is 0 Å². The normalized spacial score (nSPS) is 10.7. The van der Waals surface area contributed by atoms with E-state index in [0.29, 0.717) is 29.4 Å². The largest absolute Gasteiger partial charge is 0.385 e. The zero-order chi connectivity index (χ0) is 18.8. The maximum absolute atomic E-state index is 12.3. The number of para-hydroxylation sites is 1. The lowest BCUT2D eigenvalue weighted by molar-refractivity contribution is -0.111. The van der Waals surface area contributed by atoms with Gasteiger partial charge in [0.1, 0.15) is 0 Å². The van der Waals surface area contributed by atoms with Crippen LogP contribution in [0.4, 0.5) is 5.69 Å². The Morgan fingerprint density at radius 2 is 1.85 bits per heavy atom. The molecule has 0 bridgehead atoms. The lowest BCUT2D eigenvalue weighted by Crippen LogP contribution is -2.26. The Balaban J connectivity index is 2.01. The monoisotopic (exact) mass is 372 g/mol. The van der Waals surface area contributed by atoms with Crippen LogP contribution in [0.1, 0.15) is 22.3 Å². The van der Waals surface area contributed by atoms with Gasteiger partial charge in [0.05, 0.1) is 11.3 Å². The van der Waals surface area contributed by atoms with E-state index in [9.17, 15) is 9.59 Å². The number of nitrogens with one attached hydrogen (secondary N) is 2. The van der Waals surface area contributed by atoms with Gasteiger partial charge in [0, 0.05) is 31.4 Å². The summed E-state index contributed by atoms with van der Waals surface area (Å²) in [6.45, 7) is 1.08. The second-order valence-corrected chi connectivity index (χ2v) is 5.90. The molecule has 2 rings (SSSR count). The Hall–Kier alpha value is -2.63. The van der Waals surface area contributed by atoms with Crippen LogP contribution in [-0.4, -0.2) is 32.1 Å². The molecule has 2 aromatic carbocycles. The average Bonchev–Trinajstić information content (AvgIpc) is 2.65. The van der Waals surface area contributed by atoms with E-state index < -0.39 is 0 Å². The van der Waals surface area contributed by atoms with Crippen molar-refractivity contribution in [2.75, 3.05) is 25.6 Å². The van der Waals surface area contributed by atoms with Crippen molar-refractivity contribution in [2.45, 2.75) is 6.42 Å². The summed E-state index contributed by atoms with van der Waals surface area (Å²) in [7, 11) is 1.61. The molecule has 2 N–H and O–H groups in total. The highest BCUT2D eigenvalue weighted by Crippen LogP contribution is 2.17. The SMILES string of the molecule is COCCCNC(=O)c1ccccc1NC(=O)/C=C/c1ccccc1Cl. The van der Waals surface area contributed by atoms with Gasteiger partial charge in [0.25, 0.3) is 5.91 Å². The predicted molar refractivity (Wildman–Crippen MR) is 104 cm³/mol. The van der Waals surface area contributed by atoms with Crippen LogP contribution in [0.15, 0.2) is 54.6 Å². The van der Waals surface area contributed by atoms with Gasteiger partial charge in [-0.3, -0.25) is 9.59 Å². The molecule has 2 amide bonds. The minimum Gasteiger partial charge on any atom is -0.385 e. The Labute approximate surface area is 158 Å². The van der Waals surface area contributed by atoms with E-state index in [1.54, 1.807) is 43.5 Å². The first kappa shape index (κ1) is 19.7. The number of halogens is 1. The molecule has 2 aromatic rings. The van der Waals surface area contributed by atoms with Crippen molar-refractivity contribution in [3.8, 4) is 0 Å². The van der Waals surface area contributed by atoms with Crippen LogP contribution in [0.2, 0.25) is 5.02 Å². The summed E-state index contributed by atoms with van der Waals surface area (Å²) >= 11 is 6.06. The van der Waals surface area contributed by atoms with E-state index in [4.69, 9.17) is 16.3 Å². The van der Waals surface area contributed by atoms with Gasteiger partial charge in [0.15, 0.2) is 0 Å². The topological polar surface area (TPSA) is 67.4 Å². The maximum atomic E-state index is 12.3. The highest BCUT2D eigenvalue weighted by Gasteiger charge is 2.11. The van der Waals surface area contributed by atoms with Crippen molar-refractivity contribution >= 4 is 35.2 Å². The fourth-order valence-electron chi connectivity index (χ4n) is 2.25. The summed E-state index contributed by atoms with van der Waals surface area (Å²) in [5, 5.41) is 6.10. The number of carbonyl (C=O) groups excluding carboxylic acids is 2. The van der Waals surface area contributed by atoms with E-state index in [1.165, 1.54) is 6.08 Å². The molecule has 5 nitrogen and oxygen atoms in total. The second-order valence-electron chi connectivity index (χ2n) is 5.49. The van der Waals surface area contributed by atoms with Gasteiger partial charge in [-0.15, -0.1) is 0 Å². The molecule has 0 heterocycles. The fraction of sp³-hybridized carbons (Fsp3) is 0.200. The summed E-state index contributed by atoms with van der Waals surface area (Å²) < 4.78 is 4.95. The Bertz CT molecular complexity index is 790. The number of ether oxygens (including phenoxy) is 1. The summed E-state index contributed by atoms with van der Waals surface area (Å²) in [5.74, 6) is -0.586. The van der Waals surface area contributed by atoms with Gasteiger partial charge >= 0.3 is 0 Å². The summed E-state index contributed by atoms with van der Waals surface area (Å²) in [6.07, 6.45) is 3.73. The molecule has 136 valence electrons. The first-order valence-corrected chi connectivity index (χ1v) is 8.59. The molecule has 26 heavy (non-hydrogen) atoms. The smallest absolute Gasteiger partial charge is 0.253 e. The number of rotatable bonds is 8. The van der Waals surface area contributed by atoms with Gasteiger partial charge in [-0.2, -0.15) is 0 Å². The van der Waals surface area contributed by atoms with Crippen LogP contribution < -0.4 is 10.6 Å². The van der Waals surface area contributed by atoms with Gasteiger partial charge < -0.3 is 15.4 Å². The predicted octanol–water partition coefficient (Wildman–Crippen LogP) is 3.76. The minimum atomic E-state index is -0.343. The molecule has 0 unspecified atom stereocenters. The van der Waals surface area contributed by atoms with E-state index in [1.807, 2.05) is 18.2 Å². The van der Waals surface area contributed by atoms with Crippen LogP contribution in [0, 0.1) is 0 Å². The van der Waals surface area contributed by atoms with E-state index in [2.05, 4.69) is 10.6 Å². The van der Waals surface area contributed by atoms with E-state index >= 15 is 0 Å². The van der Waals surface area contributed by atoms with Gasteiger partial charge in [-0.1, -0.05) is 41.9 Å². The van der Waals surface area contributed by atoms with Crippen molar-refractivity contribution < 1.29 is 14.3 Å². The van der Waals surface area contributed by atoms with Crippen LogP contribution >= 0.6 is 11.6 Å². The molecular weight excluding hydrogens is 352 g/mol. The van der Waals surface area contributed by atoms with Crippen molar-refractivity contribution in [3.05, 3.63) is 70.8 Å². The number of amides is 2. The van der Waals surface area contributed by atoms with Crippen molar-refractivity contribution in [1.29, 1.82) is 0 Å². The maximum Gasteiger partial charge on any atom is 0.253 e. The van der Waals surface area contributed by atoms with E-state index in [0.717, 1.165) is 12.0 Å². The molecule has 0 radical (unpaired) electrons. The summed E-state index contributed by atoms with van der Waals surface area (Å²) in [4.78, 5) is 24.5. The number of anilines is 1. The van der Waals surface area contributed by atoms with Gasteiger partial charge in [-0.25, -0.2) is 0 Å². The molecular formula is C20H21ClN2O3. The third-order valence-corrected chi connectivity index (χ3v) is 3.90. The molecule has 0 aliphatic carbocycles. The van der Waals surface area contributed by atoms with Crippen molar-refractivity contribution in [1.82, 2.24) is 5.32 Å². The zero-order valence-electron chi connectivity index (χ0n) is 14.5. The van der Waals surface area contributed by atoms with Crippen LogP contribution in [-0.2, 0) is 9.53 Å². The molecule has 0 fully saturated rings. The third-order valence-electron chi connectivity index (χ3n) is 3.56. The first-order valence-electron chi connectivity index (χ1n) is 8.21. The van der Waals surface area contributed by atoms with Crippen molar-refractivity contribution in [3.63, 3.8) is 0 Å². The van der Waals surface area contributed by atoms with Crippen LogP contribution in [0.3, 0.4) is 0 Å². The lowest BCUT2D eigenvalue weighted by Gasteiger charge is -2.10. The highest BCUT2D eigenvalue weighted by molar-refractivity contribution is 6.32. The molecule has 0 aromatic heterocycles. The number of hydrogen-bond acceptors (Lipinski definition) is 3. The minimum absolute atomic E-state index is 0.243. The molecule has 0 spiro atoms. The van der Waals surface area contributed by atoms with E-state index in [-0.39, 0.29) is 11.8 Å². The quantitative estimate of drug-likeness (QED) is 0.547. The molecule has 0 atom stereocenters. The number of hydrogen-bond donors (Lipinski definition) is 2. The third kappa shape index (κ3) is 6.02. The summed E-state index contributed by atoms with van der Waals surface area (Å²) in [5.41, 5.74) is 1.60. The molecule has 0 aliphatic heterocycles. The number of methoxy groups -OCH3 is 1. The molecule has 0 saturated carbocycles. The average molecular weight is 373 g/mol. The number of benzene rings is 2. The zero-order valence-corrected chi connectivity index (χ0v) is 15.3.